The molecule has 0 spiro atoms. The van der Waals surface area contributed by atoms with Crippen LogP contribution in [-0.2, 0) is 9.59 Å². The maximum Gasteiger partial charge on any atom is 0.573 e. The molecule has 0 heterocycles. The molecule has 130 valence electrons. The van der Waals surface area contributed by atoms with Gasteiger partial charge in [-0.3, -0.25) is 9.59 Å². The predicted octanol–water partition coefficient (Wildman–Crippen LogP) is 2.67. The number of halogens is 3. The number of carbonyl (C=O) groups excluding carboxylic acids is 1. The van der Waals surface area contributed by atoms with Crippen LogP contribution in [0.5, 0.6) is 5.75 Å². The van der Waals surface area contributed by atoms with Crippen molar-refractivity contribution >= 4 is 11.9 Å². The van der Waals surface area contributed by atoms with Crippen molar-refractivity contribution in [2.24, 2.45) is 11.3 Å². The lowest BCUT2D eigenvalue weighted by Gasteiger charge is -2.13. The molecule has 2 atom stereocenters. The number of para-hydroxylation sites is 1. The minimum atomic E-state index is -4.79. The van der Waals surface area contributed by atoms with Gasteiger partial charge < -0.3 is 15.2 Å². The topological polar surface area (TPSA) is 75.6 Å². The molecule has 3 rings (SSSR count). The Labute approximate surface area is 135 Å². The van der Waals surface area contributed by atoms with E-state index in [1.807, 2.05) is 0 Å². The second kappa shape index (κ2) is 5.68. The molecule has 0 aliphatic heterocycles. The van der Waals surface area contributed by atoms with E-state index in [0.717, 1.165) is 0 Å². The predicted molar refractivity (Wildman–Crippen MR) is 76.3 cm³/mol. The first kappa shape index (κ1) is 16.6. The quantitative estimate of drug-likeness (QED) is 0.833. The molecule has 2 aliphatic rings. The minimum absolute atomic E-state index is 0.0606. The van der Waals surface area contributed by atoms with E-state index in [9.17, 15) is 22.8 Å². The number of benzene rings is 1. The van der Waals surface area contributed by atoms with Gasteiger partial charge in [-0.05, 0) is 36.8 Å². The van der Waals surface area contributed by atoms with Crippen LogP contribution in [0.25, 0.3) is 0 Å². The average Bonchev–Trinajstić information content (AvgIpc) is 3.37. The highest BCUT2D eigenvalue weighted by molar-refractivity contribution is 5.85. The van der Waals surface area contributed by atoms with Gasteiger partial charge in [0.15, 0.2) is 0 Å². The number of amides is 1. The molecule has 0 saturated heterocycles. The number of alkyl halides is 3. The first-order valence-electron chi connectivity index (χ1n) is 7.58. The summed E-state index contributed by atoms with van der Waals surface area (Å²) in [5.41, 5.74) is -0.522. The molecule has 0 aromatic heterocycles. The van der Waals surface area contributed by atoms with E-state index >= 15 is 0 Å². The van der Waals surface area contributed by atoms with E-state index in [2.05, 4.69) is 10.1 Å². The van der Waals surface area contributed by atoms with E-state index in [4.69, 9.17) is 5.11 Å². The fourth-order valence-corrected chi connectivity index (χ4v) is 2.84. The van der Waals surface area contributed by atoms with Crippen LogP contribution in [0.4, 0.5) is 13.2 Å². The van der Waals surface area contributed by atoms with Gasteiger partial charge in [-0.1, -0.05) is 18.2 Å². The number of carboxylic acids is 1. The fraction of sp³-hybridized carbons (Fsp3) is 0.500. The molecule has 2 aliphatic carbocycles. The zero-order valence-electron chi connectivity index (χ0n) is 12.6. The monoisotopic (exact) mass is 343 g/mol. The van der Waals surface area contributed by atoms with Crippen molar-refractivity contribution < 1.29 is 32.6 Å². The molecule has 1 aromatic carbocycles. The average molecular weight is 343 g/mol. The zero-order chi connectivity index (χ0) is 17.5. The molecule has 8 heteroatoms. The van der Waals surface area contributed by atoms with Gasteiger partial charge in [0, 0.05) is 12.5 Å². The summed E-state index contributed by atoms with van der Waals surface area (Å²) < 4.78 is 41.3. The first-order valence-corrected chi connectivity index (χ1v) is 7.58. The molecule has 1 amide bonds. The van der Waals surface area contributed by atoms with E-state index in [1.165, 1.54) is 18.2 Å². The summed E-state index contributed by atoms with van der Waals surface area (Å²) in [7, 11) is 0. The van der Waals surface area contributed by atoms with Crippen molar-refractivity contribution in [3.8, 4) is 5.75 Å². The fourth-order valence-electron chi connectivity index (χ4n) is 2.84. The van der Waals surface area contributed by atoms with Crippen molar-refractivity contribution in [1.82, 2.24) is 5.32 Å². The molecular weight excluding hydrogens is 327 g/mol. The van der Waals surface area contributed by atoms with E-state index in [-0.39, 0.29) is 24.1 Å². The molecule has 1 aromatic rings. The molecule has 2 unspecified atom stereocenters. The molecule has 24 heavy (non-hydrogen) atoms. The van der Waals surface area contributed by atoms with Crippen molar-refractivity contribution in [2.75, 3.05) is 6.54 Å². The lowest BCUT2D eigenvalue weighted by molar-refractivity contribution is -0.274. The molecular formula is C16H16F3NO4. The third-order valence-electron chi connectivity index (χ3n) is 4.58. The van der Waals surface area contributed by atoms with Gasteiger partial charge in [0.1, 0.15) is 5.75 Å². The van der Waals surface area contributed by atoms with E-state index in [1.54, 1.807) is 6.07 Å². The van der Waals surface area contributed by atoms with Crippen molar-refractivity contribution in [2.45, 2.75) is 31.5 Å². The second-order valence-electron chi connectivity index (χ2n) is 6.34. The van der Waals surface area contributed by atoms with E-state index in [0.29, 0.717) is 24.8 Å². The maximum atomic E-state index is 12.4. The number of nitrogens with one attached hydrogen (secondary N) is 1. The lowest BCUT2D eigenvalue weighted by atomic mass is 10.1. The standard InChI is InChI=1S/C16H16F3NO4/c17-16(18,19)24-12-4-2-1-3-9(12)10-7-11(10)13(21)20-8-15(5-6-15)14(22)23/h1-4,10-11H,5-8H2,(H,20,21)(H,22,23). The number of rotatable bonds is 6. The van der Waals surface area contributed by atoms with Crippen LogP contribution >= 0.6 is 0 Å². The SMILES string of the molecule is O=C(NCC1(C(=O)O)CC1)C1CC1c1ccccc1OC(F)(F)F. The Bertz CT molecular complexity index is 670. The normalized spacial score (nSPS) is 24.1. The largest absolute Gasteiger partial charge is 0.573 e. The summed E-state index contributed by atoms with van der Waals surface area (Å²) in [5, 5.41) is 11.7. The highest BCUT2D eigenvalue weighted by atomic mass is 19.4. The highest BCUT2D eigenvalue weighted by Gasteiger charge is 2.52. The lowest BCUT2D eigenvalue weighted by Crippen LogP contribution is -2.35. The second-order valence-corrected chi connectivity index (χ2v) is 6.34. The summed E-state index contributed by atoms with van der Waals surface area (Å²) in [5.74, 6) is -2.35. The van der Waals surface area contributed by atoms with Gasteiger partial charge >= 0.3 is 12.3 Å². The number of aliphatic carboxylic acids is 1. The Morgan fingerprint density at radius 3 is 2.54 bits per heavy atom. The van der Waals surface area contributed by atoms with Gasteiger partial charge in [0.05, 0.1) is 5.41 Å². The summed E-state index contributed by atoms with van der Waals surface area (Å²) in [6, 6.07) is 5.76. The molecule has 2 fully saturated rings. The Morgan fingerprint density at radius 1 is 1.29 bits per heavy atom. The maximum absolute atomic E-state index is 12.4. The zero-order valence-corrected chi connectivity index (χ0v) is 12.6. The van der Waals surface area contributed by atoms with Crippen molar-refractivity contribution in [3.63, 3.8) is 0 Å². The molecule has 0 radical (unpaired) electrons. The van der Waals surface area contributed by atoms with Crippen LogP contribution in [0.2, 0.25) is 0 Å². The highest BCUT2D eigenvalue weighted by Crippen LogP contribution is 2.51. The number of hydrogen-bond acceptors (Lipinski definition) is 3. The third kappa shape index (κ3) is 3.47. The van der Waals surface area contributed by atoms with Gasteiger partial charge in [0.2, 0.25) is 5.91 Å². The van der Waals surface area contributed by atoms with Crippen LogP contribution in [-0.4, -0.2) is 29.9 Å². The Kier molecular flexibility index (Phi) is 3.93. The Hall–Kier alpha value is -2.25. The van der Waals surface area contributed by atoms with Crippen molar-refractivity contribution in [3.05, 3.63) is 29.8 Å². The van der Waals surface area contributed by atoms with Gasteiger partial charge in [-0.15, -0.1) is 13.2 Å². The van der Waals surface area contributed by atoms with Crippen LogP contribution in [0.3, 0.4) is 0 Å². The Balaban J connectivity index is 1.61. The smallest absolute Gasteiger partial charge is 0.481 e. The summed E-state index contributed by atoms with van der Waals surface area (Å²) in [4.78, 5) is 23.2. The van der Waals surface area contributed by atoms with Gasteiger partial charge in [-0.25, -0.2) is 0 Å². The van der Waals surface area contributed by atoms with E-state index < -0.39 is 23.7 Å². The molecule has 2 N–H and O–H groups in total. The van der Waals surface area contributed by atoms with Gasteiger partial charge in [-0.2, -0.15) is 0 Å². The summed E-state index contributed by atoms with van der Waals surface area (Å²) in [6.45, 7) is 0.0606. The van der Waals surface area contributed by atoms with Crippen LogP contribution in [0.1, 0.15) is 30.7 Å². The summed E-state index contributed by atoms with van der Waals surface area (Å²) >= 11 is 0. The number of ether oxygens (including phenoxy) is 1. The number of hydrogen-bond donors (Lipinski definition) is 2. The molecule has 5 nitrogen and oxygen atoms in total. The molecule has 0 bridgehead atoms. The summed E-state index contributed by atoms with van der Waals surface area (Å²) in [6.07, 6.45) is -3.31. The third-order valence-corrected chi connectivity index (χ3v) is 4.58. The first-order chi connectivity index (χ1) is 11.2. The van der Waals surface area contributed by atoms with Crippen molar-refractivity contribution in [1.29, 1.82) is 0 Å². The van der Waals surface area contributed by atoms with Gasteiger partial charge in [0.25, 0.3) is 0 Å². The molecule has 2 saturated carbocycles. The number of carbonyl (C=O) groups is 2. The minimum Gasteiger partial charge on any atom is -0.481 e. The van der Waals surface area contributed by atoms with Crippen LogP contribution in [0.15, 0.2) is 24.3 Å². The Morgan fingerprint density at radius 2 is 1.96 bits per heavy atom. The number of carboxylic acid groups (broad SMARTS) is 1. The van der Waals surface area contributed by atoms with Crippen LogP contribution in [0, 0.1) is 11.3 Å². The van der Waals surface area contributed by atoms with Crippen LogP contribution < -0.4 is 10.1 Å².